The van der Waals surface area contributed by atoms with E-state index in [4.69, 9.17) is 0 Å². The van der Waals surface area contributed by atoms with Crippen molar-refractivity contribution in [1.29, 1.82) is 0 Å². The van der Waals surface area contributed by atoms with Crippen molar-refractivity contribution >= 4 is 11.7 Å². The first kappa shape index (κ1) is 17.5. The SMILES string of the molecule is Cc1ccccc1CNc1ccc(C(=O)NCc2ccc(F)cc2)nn1. The van der Waals surface area contributed by atoms with Crippen LogP contribution >= 0.6 is 0 Å². The maximum absolute atomic E-state index is 12.9. The van der Waals surface area contributed by atoms with Crippen molar-refractivity contribution in [3.8, 4) is 0 Å². The molecular weight excluding hydrogens is 331 g/mol. The highest BCUT2D eigenvalue weighted by atomic mass is 19.1. The molecule has 0 aliphatic rings. The van der Waals surface area contributed by atoms with E-state index in [0.717, 1.165) is 5.56 Å². The Morgan fingerprint density at radius 2 is 1.73 bits per heavy atom. The molecular formula is C20H19FN4O. The van der Waals surface area contributed by atoms with Gasteiger partial charge in [-0.2, -0.15) is 0 Å². The van der Waals surface area contributed by atoms with Gasteiger partial charge in [-0.25, -0.2) is 4.39 Å². The van der Waals surface area contributed by atoms with Crippen molar-refractivity contribution in [1.82, 2.24) is 15.5 Å². The molecule has 0 aliphatic carbocycles. The minimum atomic E-state index is -0.327. The van der Waals surface area contributed by atoms with Crippen LogP contribution in [0.2, 0.25) is 0 Å². The molecule has 2 aromatic carbocycles. The third kappa shape index (κ3) is 4.63. The molecule has 5 nitrogen and oxygen atoms in total. The van der Waals surface area contributed by atoms with Crippen molar-refractivity contribution in [3.63, 3.8) is 0 Å². The zero-order valence-electron chi connectivity index (χ0n) is 14.4. The maximum Gasteiger partial charge on any atom is 0.272 e. The van der Waals surface area contributed by atoms with E-state index in [1.165, 1.54) is 23.3 Å². The van der Waals surface area contributed by atoms with Crippen LogP contribution in [-0.2, 0) is 13.1 Å². The standard InChI is InChI=1S/C20H19FN4O/c1-14-4-2-3-5-16(14)13-22-19-11-10-18(24-25-19)20(26)23-12-15-6-8-17(21)9-7-15/h2-11H,12-13H2,1H3,(H,22,25)(H,23,26). The van der Waals surface area contributed by atoms with Gasteiger partial charge in [0.1, 0.15) is 11.6 Å². The van der Waals surface area contributed by atoms with Crippen molar-refractivity contribution < 1.29 is 9.18 Å². The van der Waals surface area contributed by atoms with Gasteiger partial charge in [-0.05, 0) is 47.9 Å². The van der Waals surface area contributed by atoms with Gasteiger partial charge in [-0.3, -0.25) is 4.79 Å². The molecule has 0 aliphatic heterocycles. The van der Waals surface area contributed by atoms with E-state index in [2.05, 4.69) is 33.8 Å². The lowest BCUT2D eigenvalue weighted by Crippen LogP contribution is -2.24. The van der Waals surface area contributed by atoms with E-state index in [1.54, 1.807) is 24.3 Å². The average molecular weight is 350 g/mol. The number of benzene rings is 2. The highest BCUT2D eigenvalue weighted by Crippen LogP contribution is 2.10. The Balaban J connectivity index is 1.54. The van der Waals surface area contributed by atoms with Gasteiger partial charge in [0, 0.05) is 13.1 Å². The summed E-state index contributed by atoms with van der Waals surface area (Å²) in [6.45, 7) is 2.99. The largest absolute Gasteiger partial charge is 0.364 e. The molecule has 3 rings (SSSR count). The third-order valence-electron chi connectivity index (χ3n) is 3.98. The molecule has 3 aromatic rings. The summed E-state index contributed by atoms with van der Waals surface area (Å²) in [7, 11) is 0. The number of carbonyl (C=O) groups excluding carboxylic acids is 1. The lowest BCUT2D eigenvalue weighted by atomic mass is 10.1. The lowest BCUT2D eigenvalue weighted by Gasteiger charge is -2.08. The van der Waals surface area contributed by atoms with Crippen molar-refractivity contribution in [2.75, 3.05) is 5.32 Å². The fourth-order valence-electron chi connectivity index (χ4n) is 2.42. The fourth-order valence-corrected chi connectivity index (χ4v) is 2.42. The zero-order valence-corrected chi connectivity index (χ0v) is 14.4. The van der Waals surface area contributed by atoms with Crippen LogP contribution in [0.25, 0.3) is 0 Å². The van der Waals surface area contributed by atoms with E-state index in [-0.39, 0.29) is 17.4 Å². The van der Waals surface area contributed by atoms with E-state index in [0.29, 0.717) is 18.9 Å². The number of aromatic nitrogens is 2. The maximum atomic E-state index is 12.9. The molecule has 6 heteroatoms. The number of halogens is 1. The summed E-state index contributed by atoms with van der Waals surface area (Å²) in [4.78, 5) is 12.1. The van der Waals surface area contributed by atoms with Crippen LogP contribution in [-0.4, -0.2) is 16.1 Å². The number of carbonyl (C=O) groups is 1. The summed E-state index contributed by atoms with van der Waals surface area (Å²) in [5.74, 6) is -0.0321. The molecule has 0 bridgehead atoms. The molecule has 1 heterocycles. The molecule has 26 heavy (non-hydrogen) atoms. The number of rotatable bonds is 6. The van der Waals surface area contributed by atoms with E-state index in [1.807, 2.05) is 18.2 Å². The smallest absolute Gasteiger partial charge is 0.272 e. The van der Waals surface area contributed by atoms with Gasteiger partial charge < -0.3 is 10.6 Å². The second-order valence-electron chi connectivity index (χ2n) is 5.89. The topological polar surface area (TPSA) is 66.9 Å². The van der Waals surface area contributed by atoms with Gasteiger partial charge in [0.2, 0.25) is 0 Å². The molecule has 1 amide bonds. The Bertz CT molecular complexity index is 879. The van der Waals surface area contributed by atoms with Crippen LogP contribution < -0.4 is 10.6 Å². The Morgan fingerprint density at radius 1 is 0.962 bits per heavy atom. The summed E-state index contributed by atoms with van der Waals surface area (Å²) >= 11 is 0. The van der Waals surface area contributed by atoms with Gasteiger partial charge in [0.05, 0.1) is 0 Å². The van der Waals surface area contributed by atoms with E-state index in [9.17, 15) is 9.18 Å². The Labute approximate surface area is 151 Å². The van der Waals surface area contributed by atoms with Crippen LogP contribution in [0.3, 0.4) is 0 Å². The van der Waals surface area contributed by atoms with E-state index < -0.39 is 0 Å². The predicted octanol–water partition coefficient (Wildman–Crippen LogP) is 3.47. The highest BCUT2D eigenvalue weighted by molar-refractivity contribution is 5.92. The fraction of sp³-hybridized carbons (Fsp3) is 0.150. The molecule has 1 aromatic heterocycles. The predicted molar refractivity (Wildman–Crippen MR) is 98.1 cm³/mol. The first-order valence-electron chi connectivity index (χ1n) is 8.26. The minimum Gasteiger partial charge on any atom is -0.364 e. The number of nitrogens with zero attached hydrogens (tertiary/aromatic N) is 2. The van der Waals surface area contributed by atoms with Gasteiger partial charge >= 0.3 is 0 Å². The van der Waals surface area contributed by atoms with Crippen molar-refractivity contribution in [2.24, 2.45) is 0 Å². The van der Waals surface area contributed by atoms with Crippen LogP contribution in [0.15, 0.2) is 60.7 Å². The minimum absolute atomic E-state index is 0.230. The first-order valence-corrected chi connectivity index (χ1v) is 8.26. The summed E-state index contributed by atoms with van der Waals surface area (Å²) in [6.07, 6.45) is 0. The van der Waals surface area contributed by atoms with Gasteiger partial charge in [0.25, 0.3) is 5.91 Å². The summed E-state index contributed by atoms with van der Waals surface area (Å²) in [6, 6.07) is 17.4. The highest BCUT2D eigenvalue weighted by Gasteiger charge is 2.08. The van der Waals surface area contributed by atoms with Gasteiger partial charge in [0.15, 0.2) is 5.69 Å². The number of amides is 1. The molecule has 0 fully saturated rings. The summed E-state index contributed by atoms with van der Waals surface area (Å²) < 4.78 is 12.9. The second kappa shape index (κ2) is 8.20. The van der Waals surface area contributed by atoms with Crippen LogP contribution in [0.5, 0.6) is 0 Å². The molecule has 0 atom stereocenters. The molecule has 132 valence electrons. The van der Waals surface area contributed by atoms with Gasteiger partial charge in [-0.1, -0.05) is 36.4 Å². The molecule has 0 radical (unpaired) electrons. The molecule has 0 saturated carbocycles. The van der Waals surface area contributed by atoms with Crippen LogP contribution in [0.1, 0.15) is 27.2 Å². The van der Waals surface area contributed by atoms with Crippen LogP contribution in [0.4, 0.5) is 10.2 Å². The lowest BCUT2D eigenvalue weighted by molar-refractivity contribution is 0.0945. The first-order chi connectivity index (χ1) is 12.6. The monoisotopic (exact) mass is 350 g/mol. The molecule has 0 saturated heterocycles. The molecule has 0 spiro atoms. The molecule has 0 unspecified atom stereocenters. The summed E-state index contributed by atoms with van der Waals surface area (Å²) in [5.41, 5.74) is 3.41. The average Bonchev–Trinajstić information content (AvgIpc) is 2.67. The van der Waals surface area contributed by atoms with Crippen molar-refractivity contribution in [3.05, 3.63) is 88.9 Å². The number of nitrogens with one attached hydrogen (secondary N) is 2. The second-order valence-corrected chi connectivity index (χ2v) is 5.89. The Kier molecular flexibility index (Phi) is 5.53. The molecule has 2 N–H and O–H groups in total. The number of aryl methyl sites for hydroxylation is 1. The summed E-state index contributed by atoms with van der Waals surface area (Å²) in [5, 5.41) is 13.9. The number of hydrogen-bond acceptors (Lipinski definition) is 4. The quantitative estimate of drug-likeness (QED) is 0.714. The number of hydrogen-bond donors (Lipinski definition) is 2. The number of anilines is 1. The third-order valence-corrected chi connectivity index (χ3v) is 3.98. The van der Waals surface area contributed by atoms with Crippen LogP contribution in [0, 0.1) is 12.7 Å². The van der Waals surface area contributed by atoms with E-state index >= 15 is 0 Å². The Morgan fingerprint density at radius 3 is 2.42 bits per heavy atom. The van der Waals surface area contributed by atoms with Gasteiger partial charge in [-0.15, -0.1) is 10.2 Å². The normalized spacial score (nSPS) is 10.4. The zero-order chi connectivity index (χ0) is 18.4. The van der Waals surface area contributed by atoms with Crippen molar-refractivity contribution in [2.45, 2.75) is 20.0 Å². The Hall–Kier alpha value is -3.28.